The standard InChI is InChI=1S/C19H14F2N2O3/c20-12-3-11(5-14(24)16(12)21)18-22-13-4-10(1-2-15(13)26-18)17(25)23-19-6-9(7-19)8-19/h1-5,9,24H,6-8H2,(H,23,25). The zero-order valence-corrected chi connectivity index (χ0v) is 13.6. The molecular formula is C19H14F2N2O3. The second-order valence-corrected chi connectivity index (χ2v) is 7.21. The molecule has 1 aromatic heterocycles. The summed E-state index contributed by atoms with van der Waals surface area (Å²) in [4.78, 5) is 16.7. The van der Waals surface area contributed by atoms with E-state index in [0.29, 0.717) is 16.7 Å². The molecule has 7 heteroatoms. The van der Waals surface area contributed by atoms with Crippen LogP contribution in [0, 0.1) is 17.6 Å². The summed E-state index contributed by atoms with van der Waals surface area (Å²) in [7, 11) is 0. The summed E-state index contributed by atoms with van der Waals surface area (Å²) in [6, 6.07) is 6.79. The lowest BCUT2D eigenvalue weighted by atomic mass is 9.50. The Morgan fingerprint density at radius 1 is 1.23 bits per heavy atom. The first-order valence-electron chi connectivity index (χ1n) is 8.34. The monoisotopic (exact) mass is 356 g/mol. The third kappa shape index (κ3) is 2.20. The minimum absolute atomic E-state index is 0.0190. The maximum atomic E-state index is 13.5. The highest BCUT2D eigenvalue weighted by Gasteiger charge is 2.57. The van der Waals surface area contributed by atoms with Crippen molar-refractivity contribution in [3.05, 3.63) is 47.5 Å². The average molecular weight is 356 g/mol. The number of phenolic OH excluding ortho intramolecular Hbond substituents is 1. The number of phenols is 1. The van der Waals surface area contributed by atoms with E-state index in [2.05, 4.69) is 10.3 Å². The minimum Gasteiger partial charge on any atom is -0.505 e. The first kappa shape index (κ1) is 15.3. The van der Waals surface area contributed by atoms with Crippen molar-refractivity contribution < 1.29 is 23.1 Å². The molecule has 2 N–H and O–H groups in total. The molecule has 0 atom stereocenters. The van der Waals surface area contributed by atoms with Gasteiger partial charge in [-0.05, 0) is 55.5 Å². The van der Waals surface area contributed by atoms with Crippen LogP contribution in [-0.4, -0.2) is 21.5 Å². The molecule has 3 aliphatic rings. The van der Waals surface area contributed by atoms with Gasteiger partial charge in [0, 0.05) is 16.7 Å². The number of nitrogens with zero attached hydrogens (tertiary/aromatic N) is 1. The van der Waals surface area contributed by atoms with Gasteiger partial charge < -0.3 is 14.8 Å². The van der Waals surface area contributed by atoms with Gasteiger partial charge in [-0.3, -0.25) is 4.79 Å². The van der Waals surface area contributed by atoms with Crippen LogP contribution in [0.4, 0.5) is 8.78 Å². The molecular weight excluding hydrogens is 342 g/mol. The molecule has 3 aromatic rings. The Morgan fingerprint density at radius 2 is 2.00 bits per heavy atom. The number of aromatic hydroxyl groups is 1. The Kier molecular flexibility index (Phi) is 2.96. The number of hydrogen-bond donors (Lipinski definition) is 2. The van der Waals surface area contributed by atoms with E-state index in [1.54, 1.807) is 18.2 Å². The number of amides is 1. The topological polar surface area (TPSA) is 75.4 Å². The fraction of sp³-hybridized carbons (Fsp3) is 0.263. The van der Waals surface area contributed by atoms with Crippen molar-refractivity contribution in [3.63, 3.8) is 0 Å². The van der Waals surface area contributed by atoms with E-state index in [1.165, 1.54) is 0 Å². The van der Waals surface area contributed by atoms with Gasteiger partial charge in [0.2, 0.25) is 5.89 Å². The molecule has 0 unspecified atom stereocenters. The van der Waals surface area contributed by atoms with Gasteiger partial charge in [0.05, 0.1) is 0 Å². The van der Waals surface area contributed by atoms with Gasteiger partial charge in [-0.25, -0.2) is 9.37 Å². The van der Waals surface area contributed by atoms with Crippen LogP contribution in [0.2, 0.25) is 0 Å². The highest BCUT2D eigenvalue weighted by atomic mass is 19.2. The van der Waals surface area contributed by atoms with Crippen molar-refractivity contribution in [3.8, 4) is 17.2 Å². The normalized spacial score (nSPS) is 23.4. The summed E-state index contributed by atoms with van der Waals surface area (Å²) in [6.07, 6.45) is 3.15. The van der Waals surface area contributed by atoms with Gasteiger partial charge >= 0.3 is 0 Å². The third-order valence-corrected chi connectivity index (χ3v) is 5.32. The summed E-state index contributed by atoms with van der Waals surface area (Å²) in [6.45, 7) is 0. The molecule has 1 heterocycles. The number of fused-ring (bicyclic) bond motifs is 1. The maximum Gasteiger partial charge on any atom is 0.251 e. The number of aromatic nitrogens is 1. The predicted molar refractivity (Wildman–Crippen MR) is 88.6 cm³/mol. The van der Waals surface area contributed by atoms with Crippen LogP contribution >= 0.6 is 0 Å². The summed E-state index contributed by atoms with van der Waals surface area (Å²) < 4.78 is 32.3. The Morgan fingerprint density at radius 3 is 2.65 bits per heavy atom. The fourth-order valence-corrected chi connectivity index (χ4v) is 3.83. The molecule has 0 spiro atoms. The van der Waals surface area contributed by atoms with E-state index >= 15 is 0 Å². The molecule has 0 radical (unpaired) electrons. The Hall–Kier alpha value is -2.96. The van der Waals surface area contributed by atoms with Crippen LogP contribution in [0.15, 0.2) is 34.7 Å². The summed E-state index contributed by atoms with van der Waals surface area (Å²) in [5.41, 5.74) is 1.39. The molecule has 0 saturated heterocycles. The molecule has 26 heavy (non-hydrogen) atoms. The molecule has 5 nitrogen and oxygen atoms in total. The number of hydrogen-bond acceptors (Lipinski definition) is 4. The number of halogens is 2. The zero-order chi connectivity index (χ0) is 18.1. The fourth-order valence-electron chi connectivity index (χ4n) is 3.83. The van der Waals surface area contributed by atoms with Gasteiger partial charge in [-0.1, -0.05) is 0 Å². The van der Waals surface area contributed by atoms with E-state index in [1.807, 2.05) is 0 Å². The number of carbonyl (C=O) groups excluding carboxylic acids is 1. The lowest BCUT2D eigenvalue weighted by molar-refractivity contribution is -0.0438. The number of rotatable bonds is 3. The Bertz CT molecular complexity index is 1040. The van der Waals surface area contributed by atoms with Crippen LogP contribution in [0.1, 0.15) is 29.6 Å². The van der Waals surface area contributed by atoms with E-state index < -0.39 is 17.4 Å². The lowest BCUT2D eigenvalue weighted by Gasteiger charge is -2.61. The van der Waals surface area contributed by atoms with Crippen LogP contribution in [0.5, 0.6) is 5.75 Å². The second kappa shape index (κ2) is 5.03. The van der Waals surface area contributed by atoms with Gasteiger partial charge in [-0.15, -0.1) is 0 Å². The molecule has 2 aromatic carbocycles. The highest BCUT2D eigenvalue weighted by Crippen LogP contribution is 2.57. The van der Waals surface area contributed by atoms with Crippen molar-refractivity contribution >= 4 is 17.0 Å². The van der Waals surface area contributed by atoms with Crippen LogP contribution < -0.4 is 5.32 Å². The first-order chi connectivity index (χ1) is 12.4. The summed E-state index contributed by atoms with van der Waals surface area (Å²) in [5.74, 6) is -2.69. The van der Waals surface area contributed by atoms with E-state index in [4.69, 9.17) is 4.42 Å². The third-order valence-electron chi connectivity index (χ3n) is 5.32. The smallest absolute Gasteiger partial charge is 0.251 e. The quantitative estimate of drug-likeness (QED) is 0.749. The SMILES string of the molecule is O=C(NC12CC(C1)C2)c1ccc2oc(-c3cc(O)c(F)c(F)c3)nc2c1. The second-order valence-electron chi connectivity index (χ2n) is 7.21. The highest BCUT2D eigenvalue weighted by molar-refractivity contribution is 5.98. The van der Waals surface area contributed by atoms with E-state index in [9.17, 15) is 18.7 Å². The number of carbonyl (C=O) groups is 1. The largest absolute Gasteiger partial charge is 0.505 e. The van der Waals surface area contributed by atoms with Crippen molar-refractivity contribution in [2.24, 2.45) is 5.92 Å². The number of nitrogens with one attached hydrogen (secondary N) is 1. The lowest BCUT2D eigenvalue weighted by Crippen LogP contribution is -2.68. The van der Waals surface area contributed by atoms with Gasteiger partial charge in [0.15, 0.2) is 23.0 Å². The molecule has 3 aliphatic carbocycles. The molecule has 3 fully saturated rings. The van der Waals surface area contributed by atoms with Crippen LogP contribution in [-0.2, 0) is 0 Å². The van der Waals surface area contributed by atoms with Gasteiger partial charge in [0.1, 0.15) is 5.52 Å². The van der Waals surface area contributed by atoms with E-state index in [-0.39, 0.29) is 22.9 Å². The minimum atomic E-state index is -1.32. The number of benzene rings is 2. The zero-order valence-electron chi connectivity index (χ0n) is 13.6. The summed E-state index contributed by atoms with van der Waals surface area (Å²) in [5, 5.41) is 12.5. The van der Waals surface area contributed by atoms with Crippen molar-refractivity contribution in [1.29, 1.82) is 0 Å². The number of oxazole rings is 1. The molecule has 0 aliphatic heterocycles. The average Bonchev–Trinajstić information content (AvgIpc) is 2.97. The predicted octanol–water partition coefficient (Wildman–Crippen LogP) is 3.76. The van der Waals surface area contributed by atoms with Crippen molar-refractivity contribution in [2.75, 3.05) is 0 Å². The van der Waals surface area contributed by atoms with Crippen LogP contribution in [0.25, 0.3) is 22.6 Å². The molecule has 3 saturated carbocycles. The first-order valence-corrected chi connectivity index (χ1v) is 8.34. The Labute approximate surface area is 146 Å². The molecule has 2 bridgehead atoms. The van der Waals surface area contributed by atoms with Gasteiger partial charge in [-0.2, -0.15) is 4.39 Å². The van der Waals surface area contributed by atoms with E-state index in [0.717, 1.165) is 37.3 Å². The van der Waals surface area contributed by atoms with Gasteiger partial charge in [0.25, 0.3) is 5.91 Å². The maximum absolute atomic E-state index is 13.5. The van der Waals surface area contributed by atoms with Crippen LogP contribution in [0.3, 0.4) is 0 Å². The van der Waals surface area contributed by atoms with Crippen molar-refractivity contribution in [1.82, 2.24) is 10.3 Å². The summed E-state index contributed by atoms with van der Waals surface area (Å²) >= 11 is 0. The molecule has 1 amide bonds. The Balaban J connectivity index is 1.47. The van der Waals surface area contributed by atoms with Crippen molar-refractivity contribution in [2.45, 2.75) is 24.8 Å². The molecule has 6 rings (SSSR count). The molecule has 132 valence electrons.